The van der Waals surface area contributed by atoms with Gasteiger partial charge in [0.05, 0.1) is 48.1 Å². The van der Waals surface area contributed by atoms with Crippen LogP contribution in [-0.4, -0.2) is 26.0 Å². The van der Waals surface area contributed by atoms with Crippen molar-refractivity contribution in [3.05, 3.63) is 105 Å². The Bertz CT molecular complexity index is 1780. The van der Waals surface area contributed by atoms with Gasteiger partial charge in [0.1, 0.15) is 11.5 Å². The van der Waals surface area contributed by atoms with Crippen LogP contribution in [0, 0.1) is 0 Å². The van der Waals surface area contributed by atoms with Crippen molar-refractivity contribution in [2.24, 2.45) is 0 Å². The van der Waals surface area contributed by atoms with Gasteiger partial charge in [0.15, 0.2) is 0 Å². The normalized spacial score (nSPS) is 17.2. The molecular weight excluding hydrogens is 699 g/mol. The minimum absolute atomic E-state index is 0.0794. The van der Waals surface area contributed by atoms with Crippen molar-refractivity contribution >= 4 is 57.8 Å². The first-order valence-corrected chi connectivity index (χ1v) is 14.3. The van der Waals surface area contributed by atoms with Crippen LogP contribution in [0.25, 0.3) is 0 Å². The van der Waals surface area contributed by atoms with Gasteiger partial charge in [0.2, 0.25) is 12.3 Å². The second-order valence-corrected chi connectivity index (χ2v) is 11.1. The number of hydrogen-bond donors (Lipinski definition) is 0. The molecule has 0 N–H and O–H groups in total. The summed E-state index contributed by atoms with van der Waals surface area (Å²) in [5, 5.41) is 0.462. The number of fused-ring (bicyclic) bond motifs is 2. The van der Waals surface area contributed by atoms with Crippen LogP contribution in [0.1, 0.15) is 34.6 Å². The number of methoxy groups -OCH3 is 2. The van der Waals surface area contributed by atoms with Gasteiger partial charge in [-0.2, -0.15) is 26.3 Å². The smallest absolute Gasteiger partial charge is 0.416 e. The first-order chi connectivity index (χ1) is 22.5. The molecule has 2 amide bonds. The SMILES string of the molecule is COc1ccc(Cl)cc1N1C(=O)[C@@H](F)c2ccc(C(F)(F)F)cc21.COc1ccc(Cl)cc1N1C(=O)[C@H](F)c2ccc(C(F)(F)F)cc21. The Balaban J connectivity index is 0.000000188. The van der Waals surface area contributed by atoms with Crippen LogP contribution in [0.15, 0.2) is 72.8 Å². The maximum Gasteiger partial charge on any atom is 0.416 e. The molecule has 0 saturated carbocycles. The number of carbonyl (C=O) groups excluding carboxylic acids is 2. The number of carbonyl (C=O) groups is 2. The average molecular weight is 719 g/mol. The number of ether oxygens (including phenoxy) is 2. The number of rotatable bonds is 4. The van der Waals surface area contributed by atoms with Crippen molar-refractivity contribution in [3.8, 4) is 11.5 Å². The highest BCUT2D eigenvalue weighted by atomic mass is 35.5. The summed E-state index contributed by atoms with van der Waals surface area (Å²) in [6, 6.07) is 13.5. The summed E-state index contributed by atoms with van der Waals surface area (Å²) >= 11 is 11.8. The zero-order valence-electron chi connectivity index (χ0n) is 24.4. The molecule has 2 atom stereocenters. The molecule has 0 saturated heterocycles. The maximum atomic E-state index is 14.3. The van der Waals surface area contributed by atoms with Crippen molar-refractivity contribution < 1.29 is 54.2 Å². The molecule has 0 aromatic heterocycles. The van der Waals surface area contributed by atoms with Gasteiger partial charge in [-0.1, -0.05) is 35.3 Å². The zero-order valence-corrected chi connectivity index (χ0v) is 25.9. The molecule has 2 aliphatic rings. The minimum atomic E-state index is -4.61. The molecule has 0 aliphatic carbocycles. The van der Waals surface area contributed by atoms with Crippen LogP contribution in [0.3, 0.4) is 0 Å². The fraction of sp³-hybridized carbons (Fsp3) is 0.188. The van der Waals surface area contributed by atoms with E-state index in [4.69, 9.17) is 32.7 Å². The lowest BCUT2D eigenvalue weighted by Crippen LogP contribution is -2.23. The fourth-order valence-electron chi connectivity index (χ4n) is 5.16. The first kappa shape index (κ1) is 34.8. The van der Waals surface area contributed by atoms with Crippen molar-refractivity contribution in [1.82, 2.24) is 0 Å². The molecule has 0 spiro atoms. The summed E-state index contributed by atoms with van der Waals surface area (Å²) in [7, 11) is 2.65. The summed E-state index contributed by atoms with van der Waals surface area (Å²) in [5.41, 5.74) is -2.41. The van der Waals surface area contributed by atoms with E-state index in [-0.39, 0.29) is 55.4 Å². The second-order valence-electron chi connectivity index (χ2n) is 10.2. The van der Waals surface area contributed by atoms with E-state index < -0.39 is 47.6 Å². The third-order valence-corrected chi connectivity index (χ3v) is 7.85. The van der Waals surface area contributed by atoms with Gasteiger partial charge in [0.25, 0.3) is 11.8 Å². The van der Waals surface area contributed by atoms with Crippen molar-refractivity contribution in [3.63, 3.8) is 0 Å². The Hall–Kier alpha value is -4.56. The molecule has 6 rings (SSSR count). The molecule has 4 aromatic rings. The molecule has 0 bridgehead atoms. The summed E-state index contributed by atoms with van der Waals surface area (Å²) in [5.74, 6) is -1.62. The maximum absolute atomic E-state index is 14.3. The standard InChI is InChI=1S/2C16H10ClF4NO2/c2*1-24-13-5-3-9(17)7-12(13)22-11-6-8(16(19,20)21)2-4-10(11)14(18)15(22)23/h2*2-7,14H,1H3/t2*14-/m10/s1. The quantitative estimate of drug-likeness (QED) is 0.197. The minimum Gasteiger partial charge on any atom is -0.495 e. The first-order valence-electron chi connectivity index (χ1n) is 13.5. The number of halogens is 10. The van der Waals surface area contributed by atoms with Crippen LogP contribution in [0.5, 0.6) is 11.5 Å². The van der Waals surface area contributed by atoms with Gasteiger partial charge < -0.3 is 9.47 Å². The molecule has 252 valence electrons. The number of benzene rings is 4. The topological polar surface area (TPSA) is 59.1 Å². The van der Waals surface area contributed by atoms with Gasteiger partial charge in [-0.25, -0.2) is 8.78 Å². The molecule has 4 aromatic carbocycles. The molecule has 0 fully saturated rings. The van der Waals surface area contributed by atoms with Crippen LogP contribution in [0.4, 0.5) is 57.9 Å². The van der Waals surface area contributed by atoms with E-state index >= 15 is 0 Å². The van der Waals surface area contributed by atoms with Crippen molar-refractivity contribution in [2.75, 3.05) is 24.0 Å². The monoisotopic (exact) mass is 718 g/mol. The number of amides is 2. The van der Waals surface area contributed by atoms with Crippen LogP contribution in [0.2, 0.25) is 10.0 Å². The van der Waals surface area contributed by atoms with E-state index in [0.717, 1.165) is 46.2 Å². The zero-order chi connectivity index (χ0) is 35.3. The number of anilines is 4. The lowest BCUT2D eigenvalue weighted by Gasteiger charge is -2.21. The number of alkyl halides is 8. The van der Waals surface area contributed by atoms with E-state index in [9.17, 15) is 44.7 Å². The lowest BCUT2D eigenvalue weighted by atomic mass is 10.1. The van der Waals surface area contributed by atoms with Gasteiger partial charge in [-0.15, -0.1) is 0 Å². The van der Waals surface area contributed by atoms with Crippen LogP contribution >= 0.6 is 23.2 Å². The van der Waals surface area contributed by atoms with Crippen molar-refractivity contribution in [2.45, 2.75) is 24.7 Å². The molecule has 6 nitrogen and oxygen atoms in total. The second kappa shape index (κ2) is 12.8. The summed E-state index contributed by atoms with van der Waals surface area (Å²) < 4.78 is 116. The van der Waals surface area contributed by atoms with Gasteiger partial charge in [-0.05, 0) is 60.7 Å². The Morgan fingerprint density at radius 2 is 0.917 bits per heavy atom. The van der Waals surface area contributed by atoms with Crippen LogP contribution < -0.4 is 19.3 Å². The van der Waals surface area contributed by atoms with Gasteiger partial charge in [0, 0.05) is 21.2 Å². The predicted octanol–water partition coefficient (Wildman–Crippen LogP) is 10.1. The highest BCUT2D eigenvalue weighted by Crippen LogP contribution is 2.49. The lowest BCUT2D eigenvalue weighted by molar-refractivity contribution is -0.138. The van der Waals surface area contributed by atoms with Crippen molar-refractivity contribution in [1.29, 1.82) is 0 Å². The molecule has 0 unspecified atom stereocenters. The highest BCUT2D eigenvalue weighted by molar-refractivity contribution is 6.31. The van der Waals surface area contributed by atoms with E-state index in [1.165, 1.54) is 50.6 Å². The molecule has 16 heteroatoms. The summed E-state index contributed by atoms with van der Waals surface area (Å²) in [6.07, 6.45) is -13.3. The molecule has 48 heavy (non-hydrogen) atoms. The molecule has 2 aliphatic heterocycles. The third kappa shape index (κ3) is 6.33. The summed E-state index contributed by atoms with van der Waals surface area (Å²) in [4.78, 5) is 26.3. The van der Waals surface area contributed by atoms with Crippen LogP contribution in [-0.2, 0) is 21.9 Å². The highest BCUT2D eigenvalue weighted by Gasteiger charge is 2.43. The number of hydrogen-bond acceptors (Lipinski definition) is 4. The van der Waals surface area contributed by atoms with Gasteiger partial charge >= 0.3 is 12.4 Å². The Kier molecular flexibility index (Phi) is 9.28. The third-order valence-electron chi connectivity index (χ3n) is 7.38. The van der Waals surface area contributed by atoms with E-state index in [1.807, 2.05) is 0 Å². The summed E-state index contributed by atoms with van der Waals surface area (Å²) in [6.45, 7) is 0. The number of nitrogens with zero attached hydrogens (tertiary/aromatic N) is 2. The molecule has 2 heterocycles. The van der Waals surface area contributed by atoms with Gasteiger partial charge in [-0.3, -0.25) is 19.4 Å². The van der Waals surface area contributed by atoms with E-state index in [2.05, 4.69) is 0 Å². The largest absolute Gasteiger partial charge is 0.495 e. The van der Waals surface area contributed by atoms with E-state index in [1.54, 1.807) is 0 Å². The fourth-order valence-corrected chi connectivity index (χ4v) is 5.49. The predicted molar refractivity (Wildman–Crippen MR) is 161 cm³/mol. The molecular formula is C32H20Cl2F8N2O4. The van der Waals surface area contributed by atoms with E-state index in [0.29, 0.717) is 0 Å². The Morgan fingerprint density at radius 1 is 0.562 bits per heavy atom. The Labute approximate surface area is 277 Å². The average Bonchev–Trinajstić information content (AvgIpc) is 3.43. The Morgan fingerprint density at radius 3 is 1.23 bits per heavy atom. The molecule has 0 radical (unpaired) electrons.